The summed E-state index contributed by atoms with van der Waals surface area (Å²) in [5.74, 6) is -1.50. The van der Waals surface area contributed by atoms with Gasteiger partial charge >= 0.3 is 5.97 Å². The van der Waals surface area contributed by atoms with E-state index in [1.807, 2.05) is 6.07 Å². The summed E-state index contributed by atoms with van der Waals surface area (Å²) in [5.41, 5.74) is -0.190. The van der Waals surface area contributed by atoms with Crippen LogP contribution in [0.15, 0.2) is 29.6 Å². The molecule has 0 aliphatic heterocycles. The predicted octanol–water partition coefficient (Wildman–Crippen LogP) is 2.72. The van der Waals surface area contributed by atoms with Crippen molar-refractivity contribution in [2.24, 2.45) is 0 Å². The molecule has 0 radical (unpaired) electrons. The van der Waals surface area contributed by atoms with Gasteiger partial charge in [0.2, 0.25) is 0 Å². The number of thiophene rings is 1. The summed E-state index contributed by atoms with van der Waals surface area (Å²) in [6.45, 7) is 1.34. The Balaban J connectivity index is 2.13. The first-order chi connectivity index (χ1) is 12.4. The number of ether oxygens (including phenoxy) is 2. The van der Waals surface area contributed by atoms with Crippen LogP contribution in [0.1, 0.15) is 22.8 Å². The van der Waals surface area contributed by atoms with Gasteiger partial charge in [0.25, 0.3) is 11.6 Å². The number of non-ortho nitro benzene ring substituents is 1. The molecule has 1 atom stereocenters. The van der Waals surface area contributed by atoms with E-state index in [1.165, 1.54) is 26.2 Å². The van der Waals surface area contributed by atoms with E-state index >= 15 is 0 Å². The van der Waals surface area contributed by atoms with Gasteiger partial charge in [0.15, 0.2) is 6.10 Å². The number of carbonyl (C=O) groups excluding carboxylic acids is 2. The molecule has 0 aliphatic carbocycles. The fraction of sp³-hybridized carbons (Fsp3) is 0.188. The van der Waals surface area contributed by atoms with Gasteiger partial charge in [-0.3, -0.25) is 14.9 Å². The number of amides is 1. The lowest BCUT2D eigenvalue weighted by Gasteiger charge is -2.14. The van der Waals surface area contributed by atoms with Crippen molar-refractivity contribution in [3.8, 4) is 11.8 Å². The van der Waals surface area contributed by atoms with Crippen molar-refractivity contribution < 1.29 is 24.0 Å². The second-order valence-electron chi connectivity index (χ2n) is 4.95. The number of nitrogens with zero attached hydrogens (tertiary/aromatic N) is 2. The third-order valence-corrected chi connectivity index (χ3v) is 4.12. The highest BCUT2D eigenvalue weighted by Gasteiger charge is 2.24. The minimum absolute atomic E-state index is 0.0817. The lowest BCUT2D eigenvalue weighted by molar-refractivity contribution is -0.384. The molecule has 1 heterocycles. The summed E-state index contributed by atoms with van der Waals surface area (Å²) in [7, 11) is 1.30. The fourth-order valence-electron chi connectivity index (χ4n) is 1.95. The monoisotopic (exact) mass is 375 g/mol. The number of methoxy groups -OCH3 is 1. The zero-order valence-electron chi connectivity index (χ0n) is 13.7. The molecule has 0 saturated carbocycles. The van der Waals surface area contributed by atoms with Crippen LogP contribution in [0.3, 0.4) is 0 Å². The van der Waals surface area contributed by atoms with Crippen LogP contribution in [0, 0.1) is 21.4 Å². The summed E-state index contributed by atoms with van der Waals surface area (Å²) < 4.78 is 10.1. The highest BCUT2D eigenvalue weighted by molar-refractivity contribution is 7.14. The SMILES string of the molecule is COc1ccc([N+](=O)[O-])cc1C(=O)O[C@@H](C)C(=O)Nc1sccc1C#N. The second-order valence-corrected chi connectivity index (χ2v) is 5.87. The number of nitriles is 1. The van der Waals surface area contributed by atoms with E-state index < -0.39 is 22.9 Å². The fourth-order valence-corrected chi connectivity index (χ4v) is 2.69. The number of esters is 1. The number of nitro groups is 1. The number of hydrogen-bond acceptors (Lipinski definition) is 8. The molecule has 10 heteroatoms. The lowest BCUT2D eigenvalue weighted by atomic mass is 10.1. The van der Waals surface area contributed by atoms with Crippen molar-refractivity contribution in [2.75, 3.05) is 12.4 Å². The highest BCUT2D eigenvalue weighted by atomic mass is 32.1. The smallest absolute Gasteiger partial charge is 0.342 e. The van der Waals surface area contributed by atoms with Crippen molar-refractivity contribution in [1.29, 1.82) is 5.26 Å². The summed E-state index contributed by atoms with van der Waals surface area (Å²) in [5, 5.41) is 24.3. The molecule has 0 aliphatic rings. The quantitative estimate of drug-likeness (QED) is 0.466. The molecule has 0 bridgehead atoms. The first kappa shape index (κ1) is 18.9. The van der Waals surface area contributed by atoms with E-state index in [9.17, 15) is 19.7 Å². The standard InChI is InChI=1S/C16H13N3O6S/c1-9(14(20)18-15-10(8-17)5-6-26-15)25-16(21)12-7-11(19(22)23)3-4-13(12)24-2/h3-7,9H,1-2H3,(H,18,20)/t9-/m0/s1. The van der Waals surface area contributed by atoms with Crippen LogP contribution in [0.2, 0.25) is 0 Å². The number of anilines is 1. The average molecular weight is 375 g/mol. The van der Waals surface area contributed by atoms with Gasteiger partial charge < -0.3 is 14.8 Å². The van der Waals surface area contributed by atoms with E-state index in [1.54, 1.807) is 11.4 Å². The molecule has 1 amide bonds. The van der Waals surface area contributed by atoms with E-state index in [2.05, 4.69) is 5.32 Å². The maximum atomic E-state index is 12.3. The first-order valence-corrected chi connectivity index (χ1v) is 8.07. The molecule has 9 nitrogen and oxygen atoms in total. The van der Waals surface area contributed by atoms with Crippen LogP contribution in [0.4, 0.5) is 10.7 Å². The van der Waals surface area contributed by atoms with Gasteiger partial charge in [0.1, 0.15) is 22.4 Å². The largest absolute Gasteiger partial charge is 0.496 e. The van der Waals surface area contributed by atoms with Gasteiger partial charge in [0.05, 0.1) is 17.6 Å². The molecule has 2 rings (SSSR count). The van der Waals surface area contributed by atoms with Crippen LogP contribution < -0.4 is 10.1 Å². The zero-order valence-corrected chi connectivity index (χ0v) is 14.5. The summed E-state index contributed by atoms with van der Waals surface area (Å²) in [6, 6.07) is 6.94. The second kappa shape index (κ2) is 8.09. The Labute approximate surface area is 151 Å². The number of nitrogens with one attached hydrogen (secondary N) is 1. The molecule has 0 unspecified atom stereocenters. The molecular formula is C16H13N3O6S. The number of hydrogen-bond donors (Lipinski definition) is 1. The Morgan fingerprint density at radius 1 is 1.38 bits per heavy atom. The molecule has 2 aromatic rings. The third kappa shape index (κ3) is 4.14. The van der Waals surface area contributed by atoms with Gasteiger partial charge in [0, 0.05) is 12.1 Å². The summed E-state index contributed by atoms with van der Waals surface area (Å²) >= 11 is 1.16. The molecule has 0 spiro atoms. The number of nitro benzene ring substituents is 1. The maximum Gasteiger partial charge on any atom is 0.342 e. The predicted molar refractivity (Wildman–Crippen MR) is 92.2 cm³/mol. The van der Waals surface area contributed by atoms with Gasteiger partial charge in [-0.25, -0.2) is 4.79 Å². The highest BCUT2D eigenvalue weighted by Crippen LogP contribution is 2.26. The number of benzene rings is 1. The molecule has 0 fully saturated rings. The molecular weight excluding hydrogens is 362 g/mol. The topological polar surface area (TPSA) is 132 Å². The molecule has 134 valence electrons. The van der Waals surface area contributed by atoms with Gasteiger partial charge in [-0.05, 0) is 24.4 Å². The molecule has 1 N–H and O–H groups in total. The van der Waals surface area contributed by atoms with E-state index in [0.29, 0.717) is 10.6 Å². The van der Waals surface area contributed by atoms with E-state index in [-0.39, 0.29) is 17.0 Å². The molecule has 26 heavy (non-hydrogen) atoms. The van der Waals surface area contributed by atoms with E-state index in [0.717, 1.165) is 17.4 Å². The normalized spacial score (nSPS) is 11.1. The van der Waals surface area contributed by atoms with Crippen molar-refractivity contribution in [2.45, 2.75) is 13.0 Å². The van der Waals surface area contributed by atoms with Crippen molar-refractivity contribution in [1.82, 2.24) is 0 Å². The first-order valence-electron chi connectivity index (χ1n) is 7.19. The van der Waals surface area contributed by atoms with Crippen LogP contribution in [0.25, 0.3) is 0 Å². The van der Waals surface area contributed by atoms with Crippen LogP contribution >= 0.6 is 11.3 Å². The third-order valence-electron chi connectivity index (χ3n) is 3.29. The van der Waals surface area contributed by atoms with Gasteiger partial charge in [-0.15, -0.1) is 11.3 Å². The minimum atomic E-state index is -1.19. The zero-order chi connectivity index (χ0) is 19.3. The maximum absolute atomic E-state index is 12.3. The number of carbonyl (C=O) groups is 2. The van der Waals surface area contributed by atoms with E-state index in [4.69, 9.17) is 14.7 Å². The Morgan fingerprint density at radius 2 is 2.12 bits per heavy atom. The Hall–Kier alpha value is -3.45. The van der Waals surface area contributed by atoms with Gasteiger partial charge in [-0.1, -0.05) is 0 Å². The lowest BCUT2D eigenvalue weighted by Crippen LogP contribution is -2.30. The molecule has 1 aromatic carbocycles. The van der Waals surface area contributed by atoms with Crippen molar-refractivity contribution in [3.05, 3.63) is 50.9 Å². The molecule has 1 aromatic heterocycles. The van der Waals surface area contributed by atoms with Gasteiger partial charge in [-0.2, -0.15) is 5.26 Å². The summed E-state index contributed by atoms with van der Waals surface area (Å²) in [6.07, 6.45) is -1.19. The average Bonchev–Trinajstić information content (AvgIpc) is 3.07. The summed E-state index contributed by atoms with van der Waals surface area (Å²) in [4.78, 5) is 34.6. The Kier molecular flexibility index (Phi) is 5.87. The number of rotatable bonds is 6. The van der Waals surface area contributed by atoms with Crippen LogP contribution in [-0.2, 0) is 9.53 Å². The van der Waals surface area contributed by atoms with Crippen molar-refractivity contribution in [3.63, 3.8) is 0 Å². The van der Waals surface area contributed by atoms with Crippen molar-refractivity contribution >= 4 is 33.9 Å². The molecule has 0 saturated heterocycles. The Bertz CT molecular complexity index is 902. The van der Waals surface area contributed by atoms with Crippen LogP contribution in [-0.4, -0.2) is 30.0 Å². The minimum Gasteiger partial charge on any atom is -0.496 e. The van der Waals surface area contributed by atoms with Crippen LogP contribution in [0.5, 0.6) is 5.75 Å². The Morgan fingerprint density at radius 3 is 2.73 bits per heavy atom.